The molecule has 5 aromatic rings. The lowest BCUT2D eigenvalue weighted by Gasteiger charge is -2.51. The molecular formula is C45H46N8O3S2. The second-order valence-corrected chi connectivity index (χ2v) is 19.3. The van der Waals surface area contributed by atoms with E-state index < -0.39 is 11.6 Å². The topological polar surface area (TPSA) is 126 Å². The van der Waals surface area contributed by atoms with E-state index in [4.69, 9.17) is 0 Å². The first-order valence-electron chi connectivity index (χ1n) is 20.5. The highest BCUT2D eigenvalue weighted by Crippen LogP contribution is 2.54. The van der Waals surface area contributed by atoms with Gasteiger partial charge in [0.15, 0.2) is 5.54 Å². The molecule has 4 fully saturated rings. The van der Waals surface area contributed by atoms with E-state index in [2.05, 4.69) is 67.6 Å². The number of thiol groups is 1. The standard InChI is InChI=1S/C45H46N8O3S2/c1-27-25-52-38(29-13-6-3-7-14-29)45(33-15-8-9-16-35(33)51(42(45)56)26-28-11-4-2-5-12-28)49-43(53(52)41(27)55)57-31-18-17-30(23-31)47-40-36-32(37(58-40)34-19-22-46-50-34)24-44(20-10-21-44)48-39(36)54/h2-9,11-16,19,22,27,30-31,38,47,49,57H,10,17-18,20-21,23-26H2,1H3,(H,46,50)(H,48,54)/t27?,30?,31?,38-,45+/m0/s1. The van der Waals surface area contributed by atoms with E-state index in [9.17, 15) is 9.59 Å². The van der Waals surface area contributed by atoms with E-state index >= 15 is 4.79 Å². The summed E-state index contributed by atoms with van der Waals surface area (Å²) >= 11 is 2.61. The number of aromatic amines is 1. The maximum Gasteiger partial charge on any atom is 0.255 e. The average molecular weight is 811 g/mol. The van der Waals surface area contributed by atoms with Gasteiger partial charge in [-0.1, -0.05) is 85.8 Å². The molecule has 3 aromatic carbocycles. The van der Waals surface area contributed by atoms with Crippen molar-refractivity contribution in [1.29, 1.82) is 0 Å². The number of thiophene rings is 1. The number of rotatable bonds is 7. The van der Waals surface area contributed by atoms with E-state index in [-0.39, 0.29) is 40.5 Å². The van der Waals surface area contributed by atoms with Crippen molar-refractivity contribution in [2.24, 2.45) is 5.92 Å². The molecule has 6 heterocycles. The maximum atomic E-state index is 15.5. The first-order valence-corrected chi connectivity index (χ1v) is 22.3. The largest absolute Gasteiger partial charge is 0.373 e. The Kier molecular flexibility index (Phi) is 8.55. The van der Waals surface area contributed by atoms with Gasteiger partial charge in [-0.05, 0) is 73.8 Å². The molecule has 3 amide bonds. The van der Waals surface area contributed by atoms with Crippen LogP contribution in [0, 0.1) is 5.92 Å². The van der Waals surface area contributed by atoms with Gasteiger partial charge in [-0.2, -0.15) is 16.4 Å². The third-order valence-electron chi connectivity index (χ3n) is 13.3. The molecule has 2 saturated heterocycles. The Balaban J connectivity index is 0.951. The van der Waals surface area contributed by atoms with Gasteiger partial charge in [0, 0.05) is 40.8 Å². The number of H-pyrrole nitrogens is 1. The molecule has 3 unspecified atom stereocenters. The molecule has 2 aliphatic carbocycles. The quantitative estimate of drug-likeness (QED) is 0.0915. The van der Waals surface area contributed by atoms with Crippen molar-refractivity contribution in [2.75, 3.05) is 16.8 Å². The number of carbonyl (C=O) groups excluding carboxylic acids is 3. The highest BCUT2D eigenvalue weighted by atomic mass is 32.1. The van der Waals surface area contributed by atoms with Crippen LogP contribution in [0.1, 0.15) is 84.1 Å². The Hall–Kier alpha value is -5.08. The summed E-state index contributed by atoms with van der Waals surface area (Å²) in [6.07, 6.45) is 8.57. The molecule has 0 bridgehead atoms. The van der Waals surface area contributed by atoms with Gasteiger partial charge in [0.05, 0.1) is 28.9 Å². The van der Waals surface area contributed by atoms with Gasteiger partial charge < -0.3 is 15.5 Å². The monoisotopic (exact) mass is 810 g/mol. The van der Waals surface area contributed by atoms with E-state index in [0.717, 1.165) is 110 Å². The van der Waals surface area contributed by atoms with Crippen LogP contribution in [0.5, 0.6) is 0 Å². The molecule has 58 heavy (non-hydrogen) atoms. The van der Waals surface area contributed by atoms with Crippen LogP contribution in [0.2, 0.25) is 0 Å². The highest BCUT2D eigenvalue weighted by Gasteiger charge is 2.64. The van der Waals surface area contributed by atoms with Crippen LogP contribution in [-0.2, 0) is 28.1 Å². The summed E-state index contributed by atoms with van der Waals surface area (Å²) in [6, 6.07) is 30.2. The average Bonchev–Trinajstić information content (AvgIpc) is 4.07. The number of hydrogen-bond acceptors (Lipinski definition) is 7. The van der Waals surface area contributed by atoms with Gasteiger partial charge >= 0.3 is 0 Å². The second-order valence-electron chi connectivity index (χ2n) is 16.9. The minimum Gasteiger partial charge on any atom is -0.373 e. The summed E-state index contributed by atoms with van der Waals surface area (Å²) in [7, 11) is 0. The zero-order chi connectivity index (χ0) is 39.2. The highest BCUT2D eigenvalue weighted by molar-refractivity contribution is 7.99. The predicted octanol–water partition coefficient (Wildman–Crippen LogP) is 6.71. The van der Waals surface area contributed by atoms with E-state index in [1.54, 1.807) is 11.3 Å². The first kappa shape index (κ1) is 36.0. The number of hydrogen-bond donors (Lipinski definition) is 5. The van der Waals surface area contributed by atoms with Crippen molar-refractivity contribution in [2.45, 2.75) is 86.8 Å². The molecule has 6 aliphatic rings. The molecule has 4 N–H and O–H groups in total. The lowest BCUT2D eigenvalue weighted by Crippen LogP contribution is -2.70. The summed E-state index contributed by atoms with van der Waals surface area (Å²) < 4.78 is 0. The molecule has 0 radical (unpaired) electrons. The summed E-state index contributed by atoms with van der Waals surface area (Å²) in [6.45, 7) is 2.94. The summed E-state index contributed by atoms with van der Waals surface area (Å²) in [5.74, 6) is -0.199. The fourth-order valence-electron chi connectivity index (χ4n) is 10.4. The Morgan fingerprint density at radius 3 is 2.47 bits per heavy atom. The third kappa shape index (κ3) is 5.57. The summed E-state index contributed by atoms with van der Waals surface area (Å²) in [4.78, 5) is 46.5. The molecule has 5 atom stereocenters. The smallest absolute Gasteiger partial charge is 0.255 e. The van der Waals surface area contributed by atoms with Crippen LogP contribution in [0.15, 0.2) is 97.2 Å². The number of amides is 3. The SMILES string of the molecule is CC1CN2[C@@H](c3ccccc3)[C@@]3(N/C(=[SH]\C4CCC(Nc5sc(-c6cc[nH]n6)c6c5C(=O)NC5(CCC5)C6)C4)N2C1=O)C(=O)N(Cc1ccccc1)c1ccccc13. The van der Waals surface area contributed by atoms with Gasteiger partial charge in [0.25, 0.3) is 11.8 Å². The number of hydrazine groups is 1. The van der Waals surface area contributed by atoms with Crippen LogP contribution in [0.4, 0.5) is 10.7 Å². The van der Waals surface area contributed by atoms with Gasteiger partial charge in [-0.3, -0.25) is 19.5 Å². The number of para-hydroxylation sites is 1. The van der Waals surface area contributed by atoms with Crippen molar-refractivity contribution in [3.63, 3.8) is 0 Å². The Labute approximate surface area is 345 Å². The van der Waals surface area contributed by atoms with Crippen molar-refractivity contribution < 1.29 is 14.4 Å². The Morgan fingerprint density at radius 2 is 1.71 bits per heavy atom. The fraction of sp³-hybridized carbons (Fsp3) is 0.356. The minimum atomic E-state index is -1.17. The molecule has 2 aromatic heterocycles. The maximum absolute atomic E-state index is 15.5. The summed E-state index contributed by atoms with van der Waals surface area (Å²) in [5, 5.41) is 24.5. The van der Waals surface area contributed by atoms with Gasteiger partial charge in [0.2, 0.25) is 5.91 Å². The minimum absolute atomic E-state index is 0.0129. The normalized spacial score (nSPS) is 28.0. The number of nitrogens with one attached hydrogen (secondary N) is 4. The third-order valence-corrected chi connectivity index (χ3v) is 15.8. The van der Waals surface area contributed by atoms with Crippen LogP contribution < -0.4 is 20.9 Å². The zero-order valence-corrected chi connectivity index (χ0v) is 34.0. The van der Waals surface area contributed by atoms with Crippen molar-refractivity contribution in [3.05, 3.63) is 125 Å². The summed E-state index contributed by atoms with van der Waals surface area (Å²) in [5.41, 5.74) is 5.30. The van der Waals surface area contributed by atoms with Gasteiger partial charge in [-0.25, -0.2) is 15.3 Å². The number of anilines is 2. The Bertz CT molecular complexity index is 2470. The van der Waals surface area contributed by atoms with Gasteiger partial charge in [-0.15, -0.1) is 11.3 Å². The molecule has 13 heteroatoms. The molecule has 2 saturated carbocycles. The van der Waals surface area contributed by atoms with E-state index in [1.165, 1.54) is 0 Å². The number of benzene rings is 3. The fourth-order valence-corrected chi connectivity index (χ4v) is 13.2. The van der Waals surface area contributed by atoms with Gasteiger partial charge in [0.1, 0.15) is 15.8 Å². The zero-order valence-electron chi connectivity index (χ0n) is 32.3. The van der Waals surface area contributed by atoms with E-state index in [0.29, 0.717) is 13.1 Å². The molecule has 2 spiro atoms. The number of aromatic nitrogens is 2. The number of nitrogens with zero attached hydrogens (tertiary/aromatic N) is 4. The predicted molar refractivity (Wildman–Crippen MR) is 229 cm³/mol. The molecule has 11 nitrogen and oxygen atoms in total. The lowest BCUT2D eigenvalue weighted by atomic mass is 9.70. The molecule has 296 valence electrons. The van der Waals surface area contributed by atoms with Crippen molar-refractivity contribution in [3.8, 4) is 10.6 Å². The van der Waals surface area contributed by atoms with Crippen LogP contribution in [0.25, 0.3) is 10.6 Å². The van der Waals surface area contributed by atoms with Crippen LogP contribution >= 0.6 is 22.7 Å². The molecule has 4 aliphatic heterocycles. The Morgan fingerprint density at radius 1 is 0.931 bits per heavy atom. The van der Waals surface area contributed by atoms with Crippen molar-refractivity contribution in [1.82, 2.24) is 30.8 Å². The van der Waals surface area contributed by atoms with E-state index in [1.807, 2.05) is 77.6 Å². The lowest BCUT2D eigenvalue weighted by molar-refractivity contribution is -0.144. The molecule has 11 rings (SSSR count). The van der Waals surface area contributed by atoms with Crippen molar-refractivity contribution >= 4 is 56.2 Å². The number of fused-ring (bicyclic) bond motifs is 4. The first-order chi connectivity index (χ1) is 28.3. The molecular weight excluding hydrogens is 765 g/mol. The van der Waals surface area contributed by atoms with Crippen LogP contribution in [0.3, 0.4) is 0 Å². The number of carbonyl (C=O) groups is 3. The second kappa shape index (κ2) is 13.8. The van der Waals surface area contributed by atoms with Crippen LogP contribution in [-0.4, -0.2) is 66.4 Å².